The van der Waals surface area contributed by atoms with Gasteiger partial charge in [0.2, 0.25) is 0 Å². The molecule has 4 rings (SSSR count). The van der Waals surface area contributed by atoms with E-state index in [0.29, 0.717) is 28.2 Å². The maximum absolute atomic E-state index is 14.5. The predicted octanol–water partition coefficient (Wildman–Crippen LogP) is 4.98. The van der Waals surface area contributed by atoms with Crippen LogP contribution in [-0.2, 0) is 27.2 Å². The third-order valence-electron chi connectivity index (χ3n) is 5.88. The molecule has 0 radical (unpaired) electrons. The van der Waals surface area contributed by atoms with Crippen LogP contribution in [0.15, 0.2) is 66.0 Å². The zero-order valence-electron chi connectivity index (χ0n) is 19.7. The second-order valence-corrected chi connectivity index (χ2v) is 8.15. The number of aromatic nitrogens is 1. The summed E-state index contributed by atoms with van der Waals surface area (Å²) in [6, 6.07) is 12.4. The Hall–Kier alpha value is -4.21. The van der Waals surface area contributed by atoms with E-state index in [1.54, 1.807) is 37.3 Å². The minimum atomic E-state index is -3.28. The summed E-state index contributed by atoms with van der Waals surface area (Å²) < 4.78 is 45.2. The topological polar surface area (TPSA) is 87.1 Å². The number of cyclic esters (lactones) is 1. The Balaban J connectivity index is 1.67. The molecule has 0 aliphatic carbocycles. The molecule has 0 saturated carbocycles. The maximum atomic E-state index is 14.5. The number of nitrogens with zero attached hydrogens (tertiary/aromatic N) is 2. The van der Waals surface area contributed by atoms with Crippen LogP contribution >= 0.6 is 0 Å². The largest absolute Gasteiger partial charge is 0.508 e. The summed E-state index contributed by atoms with van der Waals surface area (Å²) in [6.07, 6.45) is -1.65. The van der Waals surface area contributed by atoms with Crippen LogP contribution in [0.25, 0.3) is 22.0 Å². The summed E-state index contributed by atoms with van der Waals surface area (Å²) in [5.41, 5.74) is 0.252. The Bertz CT molecular complexity index is 1400. The molecule has 10 heteroatoms. The van der Waals surface area contributed by atoms with Crippen LogP contribution < -0.4 is 10.5 Å². The van der Waals surface area contributed by atoms with E-state index in [1.165, 1.54) is 34.7 Å². The van der Waals surface area contributed by atoms with E-state index in [1.807, 2.05) is 0 Å². The Kier molecular flexibility index (Phi) is 6.78. The number of carbonyl (C=O) groups is 2. The van der Waals surface area contributed by atoms with Gasteiger partial charge in [-0.05, 0) is 36.6 Å². The third-order valence-corrected chi connectivity index (χ3v) is 5.88. The summed E-state index contributed by atoms with van der Waals surface area (Å²) in [7, 11) is 1.50. The van der Waals surface area contributed by atoms with Gasteiger partial charge in [-0.2, -0.15) is 8.78 Å². The van der Waals surface area contributed by atoms with Gasteiger partial charge in [-0.1, -0.05) is 36.9 Å². The van der Waals surface area contributed by atoms with Gasteiger partial charge < -0.3 is 18.8 Å². The summed E-state index contributed by atoms with van der Waals surface area (Å²) in [5.74, 6) is -3.28. The van der Waals surface area contributed by atoms with Gasteiger partial charge in [0.25, 0.3) is 11.5 Å². The zero-order chi connectivity index (χ0) is 26.0. The van der Waals surface area contributed by atoms with Crippen molar-refractivity contribution in [1.29, 1.82) is 0 Å². The zero-order valence-corrected chi connectivity index (χ0v) is 19.7. The van der Waals surface area contributed by atoms with Crippen LogP contribution in [0.4, 0.5) is 24.1 Å². The average Bonchev–Trinajstić information content (AvgIpc) is 3.25. The Morgan fingerprint density at radius 2 is 1.94 bits per heavy atom. The second kappa shape index (κ2) is 9.80. The minimum Gasteiger partial charge on any atom is -0.440 e. The number of allylic oxidation sites excluding steroid dienone is 1. The highest BCUT2D eigenvalue weighted by atomic mass is 19.3. The number of alkyl halides is 2. The first-order valence-electron chi connectivity index (χ1n) is 11.2. The molecular weight excluding hydrogens is 474 g/mol. The SMILES string of the molecule is C=CC(F)(F)c1ccccc1-c1cc2ccc(N3C[C@H](COC(=O)OCC)OC3=O)cc2c(=O)n1C. The van der Waals surface area contributed by atoms with Gasteiger partial charge in [-0.3, -0.25) is 9.69 Å². The van der Waals surface area contributed by atoms with Crippen LogP contribution in [0.1, 0.15) is 12.5 Å². The average molecular weight is 498 g/mol. The number of hydrogen-bond donors (Lipinski definition) is 0. The Labute approximate surface area is 205 Å². The molecule has 3 aromatic rings. The van der Waals surface area contributed by atoms with Gasteiger partial charge in [-0.25, -0.2) is 9.59 Å². The molecule has 1 amide bonds. The monoisotopic (exact) mass is 498 g/mol. The molecule has 1 aliphatic rings. The first kappa shape index (κ1) is 24.9. The van der Waals surface area contributed by atoms with Crippen LogP contribution in [0.5, 0.6) is 0 Å². The first-order valence-corrected chi connectivity index (χ1v) is 11.2. The van der Waals surface area contributed by atoms with Gasteiger partial charge in [0.1, 0.15) is 6.61 Å². The highest BCUT2D eigenvalue weighted by Gasteiger charge is 2.34. The molecular formula is C26H24F2N2O6. The molecule has 1 aliphatic heterocycles. The number of amides is 1. The van der Waals surface area contributed by atoms with E-state index in [0.717, 1.165) is 0 Å². The standard InChI is InChI=1S/C26H24F2N2O6/c1-4-26(27,28)21-9-7-6-8-19(21)22-12-16-10-11-17(13-20(16)23(31)29(22)3)30-14-18(36-24(30)32)15-35-25(33)34-5-2/h4,6-13,18H,1,5,14-15H2,2-3H3/t18-/m1/s1. The lowest BCUT2D eigenvalue weighted by Crippen LogP contribution is -2.27. The van der Waals surface area contributed by atoms with Crippen molar-refractivity contribution >= 4 is 28.7 Å². The molecule has 1 fully saturated rings. The van der Waals surface area contributed by atoms with E-state index in [9.17, 15) is 23.2 Å². The number of pyridine rings is 1. The molecule has 8 nitrogen and oxygen atoms in total. The van der Waals surface area contributed by atoms with Crippen molar-refractivity contribution < 1.29 is 32.6 Å². The van der Waals surface area contributed by atoms with Gasteiger partial charge in [0.15, 0.2) is 6.10 Å². The van der Waals surface area contributed by atoms with Gasteiger partial charge in [0.05, 0.1) is 18.8 Å². The molecule has 1 aromatic heterocycles. The summed E-state index contributed by atoms with van der Waals surface area (Å²) in [5, 5.41) is 0.814. The Morgan fingerprint density at radius 1 is 1.19 bits per heavy atom. The van der Waals surface area contributed by atoms with Crippen LogP contribution in [0.3, 0.4) is 0 Å². The highest BCUT2D eigenvalue weighted by molar-refractivity contribution is 5.95. The number of ether oxygens (including phenoxy) is 3. The van der Waals surface area contributed by atoms with Gasteiger partial charge in [-0.15, -0.1) is 0 Å². The van der Waals surface area contributed by atoms with Crippen molar-refractivity contribution in [2.75, 3.05) is 24.7 Å². The van der Waals surface area contributed by atoms with Crippen molar-refractivity contribution in [2.45, 2.75) is 19.0 Å². The molecule has 0 spiro atoms. The number of halogens is 2. The summed E-state index contributed by atoms with van der Waals surface area (Å²) in [4.78, 5) is 38.4. The smallest absolute Gasteiger partial charge is 0.440 e. The summed E-state index contributed by atoms with van der Waals surface area (Å²) in [6.45, 7) is 4.96. The van der Waals surface area contributed by atoms with Crippen molar-refractivity contribution in [1.82, 2.24) is 4.57 Å². The Morgan fingerprint density at radius 3 is 2.67 bits per heavy atom. The maximum Gasteiger partial charge on any atom is 0.508 e. The number of hydrogen-bond acceptors (Lipinski definition) is 6. The molecule has 1 atom stereocenters. The molecule has 0 bridgehead atoms. The van der Waals surface area contributed by atoms with E-state index in [4.69, 9.17) is 9.47 Å². The fourth-order valence-electron chi connectivity index (χ4n) is 4.06. The number of fused-ring (bicyclic) bond motifs is 1. The molecule has 0 N–H and O–H groups in total. The molecule has 2 heterocycles. The molecule has 1 saturated heterocycles. The highest BCUT2D eigenvalue weighted by Crippen LogP contribution is 2.37. The molecule has 2 aromatic carbocycles. The van der Waals surface area contributed by atoms with Crippen molar-refractivity contribution in [3.05, 3.63) is 77.1 Å². The lowest BCUT2D eigenvalue weighted by Gasteiger charge is -2.19. The van der Waals surface area contributed by atoms with Crippen LogP contribution in [-0.4, -0.2) is 42.7 Å². The fraction of sp³-hybridized carbons (Fsp3) is 0.269. The van der Waals surface area contributed by atoms with Crippen molar-refractivity contribution in [3.63, 3.8) is 0 Å². The fourth-order valence-corrected chi connectivity index (χ4v) is 4.06. The van der Waals surface area contributed by atoms with E-state index >= 15 is 0 Å². The van der Waals surface area contributed by atoms with E-state index < -0.39 is 29.8 Å². The van der Waals surface area contributed by atoms with Gasteiger partial charge in [0, 0.05) is 29.2 Å². The molecule has 188 valence electrons. The van der Waals surface area contributed by atoms with Crippen LogP contribution in [0, 0.1) is 0 Å². The van der Waals surface area contributed by atoms with Gasteiger partial charge >= 0.3 is 12.2 Å². The summed E-state index contributed by atoms with van der Waals surface area (Å²) >= 11 is 0. The third kappa shape index (κ3) is 4.66. The predicted molar refractivity (Wildman–Crippen MR) is 129 cm³/mol. The lowest BCUT2D eigenvalue weighted by atomic mass is 9.97. The molecule has 0 unspecified atom stereocenters. The van der Waals surface area contributed by atoms with E-state index in [-0.39, 0.29) is 30.9 Å². The number of anilines is 1. The number of benzene rings is 2. The van der Waals surface area contributed by atoms with Crippen molar-refractivity contribution in [2.24, 2.45) is 7.05 Å². The quantitative estimate of drug-likeness (QED) is 0.337. The number of rotatable bonds is 7. The minimum absolute atomic E-state index is 0.103. The first-order chi connectivity index (χ1) is 17.2. The lowest BCUT2D eigenvalue weighted by molar-refractivity contribution is 0.0270. The van der Waals surface area contributed by atoms with Crippen molar-refractivity contribution in [3.8, 4) is 11.3 Å². The number of carbonyl (C=O) groups excluding carboxylic acids is 2. The second-order valence-electron chi connectivity index (χ2n) is 8.15. The molecule has 36 heavy (non-hydrogen) atoms. The van der Waals surface area contributed by atoms with Crippen LogP contribution in [0.2, 0.25) is 0 Å². The normalized spacial score (nSPS) is 15.6. The van der Waals surface area contributed by atoms with E-state index in [2.05, 4.69) is 11.3 Å².